The van der Waals surface area contributed by atoms with Crippen LogP contribution >= 0.6 is 11.3 Å². The minimum absolute atomic E-state index is 0.0298. The number of methoxy groups -OCH3 is 1. The standard InChI is InChI=1S/C19H18FN3O2S/c1-12-22-17(11-26-12)13-4-3-5-15(8-13)23-19(24)10-21-16-7-6-14(20)9-18(16)25-2/h3-9,11,21H,10H2,1-2H3,(H,23,24). The van der Waals surface area contributed by atoms with Crippen molar-refractivity contribution >= 4 is 28.6 Å². The van der Waals surface area contributed by atoms with Gasteiger partial charge in [-0.05, 0) is 31.2 Å². The Kier molecular flexibility index (Phi) is 5.48. The first-order valence-electron chi connectivity index (χ1n) is 7.95. The molecule has 5 nitrogen and oxygen atoms in total. The molecular weight excluding hydrogens is 353 g/mol. The van der Waals surface area contributed by atoms with E-state index in [-0.39, 0.29) is 12.5 Å². The van der Waals surface area contributed by atoms with Gasteiger partial charge >= 0.3 is 0 Å². The van der Waals surface area contributed by atoms with E-state index in [4.69, 9.17) is 4.74 Å². The molecule has 26 heavy (non-hydrogen) atoms. The van der Waals surface area contributed by atoms with E-state index in [2.05, 4.69) is 15.6 Å². The molecule has 0 spiro atoms. The van der Waals surface area contributed by atoms with Crippen molar-refractivity contribution in [2.45, 2.75) is 6.92 Å². The highest BCUT2D eigenvalue weighted by molar-refractivity contribution is 7.09. The van der Waals surface area contributed by atoms with E-state index in [9.17, 15) is 9.18 Å². The molecule has 0 aliphatic carbocycles. The molecule has 2 aromatic carbocycles. The molecule has 134 valence electrons. The Balaban J connectivity index is 1.64. The van der Waals surface area contributed by atoms with Crippen LogP contribution in [0.15, 0.2) is 47.8 Å². The molecule has 0 unspecified atom stereocenters. The number of nitrogens with zero attached hydrogens (tertiary/aromatic N) is 1. The van der Waals surface area contributed by atoms with Crippen molar-refractivity contribution in [3.63, 3.8) is 0 Å². The molecule has 0 saturated carbocycles. The number of anilines is 2. The van der Waals surface area contributed by atoms with E-state index in [1.165, 1.54) is 25.3 Å². The molecule has 0 aliphatic rings. The van der Waals surface area contributed by atoms with Gasteiger partial charge in [0.25, 0.3) is 0 Å². The highest BCUT2D eigenvalue weighted by atomic mass is 32.1. The van der Waals surface area contributed by atoms with Crippen molar-refractivity contribution < 1.29 is 13.9 Å². The van der Waals surface area contributed by atoms with Crippen LogP contribution in [0.2, 0.25) is 0 Å². The van der Waals surface area contributed by atoms with Gasteiger partial charge in [0.05, 0.1) is 30.0 Å². The second-order valence-corrected chi connectivity index (χ2v) is 6.64. The Labute approximate surface area is 154 Å². The van der Waals surface area contributed by atoms with Crippen molar-refractivity contribution in [1.82, 2.24) is 4.98 Å². The van der Waals surface area contributed by atoms with Crippen LogP contribution in [0, 0.1) is 12.7 Å². The van der Waals surface area contributed by atoms with Crippen molar-refractivity contribution in [2.24, 2.45) is 0 Å². The Morgan fingerprint density at radius 1 is 1.27 bits per heavy atom. The van der Waals surface area contributed by atoms with Gasteiger partial charge in [0.2, 0.25) is 5.91 Å². The normalized spacial score (nSPS) is 10.4. The molecule has 2 N–H and O–H groups in total. The van der Waals surface area contributed by atoms with Gasteiger partial charge in [-0.15, -0.1) is 11.3 Å². The first-order valence-corrected chi connectivity index (χ1v) is 8.83. The lowest BCUT2D eigenvalue weighted by Crippen LogP contribution is -2.22. The molecule has 0 saturated heterocycles. The molecule has 1 amide bonds. The van der Waals surface area contributed by atoms with Gasteiger partial charge in [0.15, 0.2) is 0 Å². The Morgan fingerprint density at radius 2 is 2.12 bits per heavy atom. The third-order valence-corrected chi connectivity index (χ3v) is 4.44. The quantitative estimate of drug-likeness (QED) is 0.677. The number of aryl methyl sites for hydroxylation is 1. The van der Waals surface area contributed by atoms with Crippen LogP contribution in [-0.2, 0) is 4.79 Å². The van der Waals surface area contributed by atoms with Gasteiger partial charge < -0.3 is 15.4 Å². The molecule has 0 radical (unpaired) electrons. The summed E-state index contributed by atoms with van der Waals surface area (Å²) in [6.45, 7) is 1.98. The maximum Gasteiger partial charge on any atom is 0.243 e. The smallest absolute Gasteiger partial charge is 0.243 e. The fourth-order valence-electron chi connectivity index (χ4n) is 2.44. The van der Waals surface area contributed by atoms with Gasteiger partial charge in [-0.25, -0.2) is 9.37 Å². The summed E-state index contributed by atoms with van der Waals surface area (Å²) in [6, 6.07) is 11.6. The summed E-state index contributed by atoms with van der Waals surface area (Å²) in [4.78, 5) is 16.7. The summed E-state index contributed by atoms with van der Waals surface area (Å²) in [6.07, 6.45) is 0. The summed E-state index contributed by atoms with van der Waals surface area (Å²) in [5.74, 6) is -0.271. The fourth-order valence-corrected chi connectivity index (χ4v) is 3.07. The van der Waals surface area contributed by atoms with E-state index < -0.39 is 5.82 Å². The van der Waals surface area contributed by atoms with Crippen LogP contribution < -0.4 is 15.4 Å². The minimum atomic E-state index is -0.397. The number of benzene rings is 2. The second kappa shape index (κ2) is 7.97. The third kappa shape index (κ3) is 4.37. The van der Waals surface area contributed by atoms with E-state index >= 15 is 0 Å². The van der Waals surface area contributed by atoms with Gasteiger partial charge in [-0.3, -0.25) is 4.79 Å². The zero-order valence-corrected chi connectivity index (χ0v) is 15.2. The van der Waals surface area contributed by atoms with Crippen LogP contribution in [0.1, 0.15) is 5.01 Å². The van der Waals surface area contributed by atoms with Crippen molar-refractivity contribution in [3.8, 4) is 17.0 Å². The lowest BCUT2D eigenvalue weighted by Gasteiger charge is -2.11. The summed E-state index contributed by atoms with van der Waals surface area (Å²) < 4.78 is 18.3. The molecule has 1 aromatic heterocycles. The Bertz CT molecular complexity index is 927. The van der Waals surface area contributed by atoms with E-state index in [1.807, 2.05) is 36.6 Å². The van der Waals surface area contributed by atoms with Crippen molar-refractivity contribution in [2.75, 3.05) is 24.3 Å². The lowest BCUT2D eigenvalue weighted by atomic mass is 10.1. The first kappa shape index (κ1) is 17.9. The molecule has 3 rings (SSSR count). The maximum atomic E-state index is 13.2. The SMILES string of the molecule is COc1cc(F)ccc1NCC(=O)Nc1cccc(-c2csc(C)n2)c1. The topological polar surface area (TPSA) is 63.2 Å². The monoisotopic (exact) mass is 371 g/mol. The molecule has 0 atom stereocenters. The average Bonchev–Trinajstić information content (AvgIpc) is 3.07. The molecule has 1 heterocycles. The number of hydrogen-bond donors (Lipinski definition) is 2. The minimum Gasteiger partial charge on any atom is -0.494 e. The number of rotatable bonds is 6. The van der Waals surface area contributed by atoms with Crippen LogP contribution in [-0.4, -0.2) is 24.5 Å². The largest absolute Gasteiger partial charge is 0.494 e. The number of nitrogens with one attached hydrogen (secondary N) is 2. The molecule has 0 bridgehead atoms. The Morgan fingerprint density at radius 3 is 2.85 bits per heavy atom. The number of hydrogen-bond acceptors (Lipinski definition) is 5. The molecule has 3 aromatic rings. The van der Waals surface area contributed by atoms with Crippen molar-refractivity contribution in [1.29, 1.82) is 0 Å². The first-order chi connectivity index (χ1) is 12.5. The summed E-state index contributed by atoms with van der Waals surface area (Å²) in [5.41, 5.74) is 3.07. The molecule has 0 aliphatic heterocycles. The summed E-state index contributed by atoms with van der Waals surface area (Å²) in [7, 11) is 1.45. The zero-order chi connectivity index (χ0) is 18.5. The van der Waals surface area contributed by atoms with Crippen LogP contribution in [0.3, 0.4) is 0 Å². The van der Waals surface area contributed by atoms with Crippen LogP contribution in [0.25, 0.3) is 11.3 Å². The molecule has 0 fully saturated rings. The average molecular weight is 371 g/mol. The third-order valence-electron chi connectivity index (χ3n) is 3.66. The van der Waals surface area contributed by atoms with Gasteiger partial charge in [0.1, 0.15) is 11.6 Å². The fraction of sp³-hybridized carbons (Fsp3) is 0.158. The van der Waals surface area contributed by atoms with Crippen molar-refractivity contribution in [3.05, 3.63) is 58.7 Å². The lowest BCUT2D eigenvalue weighted by molar-refractivity contribution is -0.114. The number of aromatic nitrogens is 1. The van der Waals surface area contributed by atoms with Gasteiger partial charge in [-0.1, -0.05) is 12.1 Å². The number of carbonyl (C=O) groups excluding carboxylic acids is 1. The predicted molar refractivity (Wildman–Crippen MR) is 102 cm³/mol. The van der Waals surface area contributed by atoms with E-state index in [1.54, 1.807) is 11.3 Å². The van der Waals surface area contributed by atoms with Gasteiger partial charge in [0, 0.05) is 22.7 Å². The maximum absolute atomic E-state index is 13.2. The van der Waals surface area contributed by atoms with E-state index in [0.717, 1.165) is 16.3 Å². The van der Waals surface area contributed by atoms with Crippen LogP contribution in [0.5, 0.6) is 5.75 Å². The number of carbonyl (C=O) groups is 1. The Hall–Kier alpha value is -2.93. The number of halogens is 1. The summed E-state index contributed by atoms with van der Waals surface area (Å²) >= 11 is 1.58. The van der Waals surface area contributed by atoms with E-state index in [0.29, 0.717) is 17.1 Å². The zero-order valence-electron chi connectivity index (χ0n) is 14.4. The number of ether oxygens (including phenoxy) is 1. The number of amides is 1. The predicted octanol–water partition coefficient (Wildman–Crippen LogP) is 4.32. The highest BCUT2D eigenvalue weighted by Crippen LogP contribution is 2.25. The highest BCUT2D eigenvalue weighted by Gasteiger charge is 2.08. The summed E-state index contributed by atoms with van der Waals surface area (Å²) in [5, 5.41) is 8.76. The number of thiazole rings is 1. The second-order valence-electron chi connectivity index (χ2n) is 5.58. The molecule has 7 heteroatoms. The molecular formula is C19H18FN3O2S. The van der Waals surface area contributed by atoms with Crippen LogP contribution in [0.4, 0.5) is 15.8 Å². The van der Waals surface area contributed by atoms with Gasteiger partial charge in [-0.2, -0.15) is 0 Å².